The molecular formula is C21H24ClN3O3. The van der Waals surface area contributed by atoms with E-state index in [-0.39, 0.29) is 11.8 Å². The molecule has 148 valence electrons. The van der Waals surface area contributed by atoms with Gasteiger partial charge >= 0.3 is 0 Å². The van der Waals surface area contributed by atoms with E-state index in [0.717, 1.165) is 29.9 Å². The summed E-state index contributed by atoms with van der Waals surface area (Å²) in [6.07, 6.45) is 1.49. The quantitative estimate of drug-likeness (QED) is 0.760. The van der Waals surface area contributed by atoms with E-state index in [1.165, 1.54) is 7.11 Å². The highest BCUT2D eigenvalue weighted by atomic mass is 35.5. The first kappa shape index (κ1) is 20.0. The molecule has 0 aromatic heterocycles. The number of nitrogens with zero attached hydrogens (tertiary/aromatic N) is 1. The van der Waals surface area contributed by atoms with Crippen molar-refractivity contribution in [2.24, 2.45) is 0 Å². The Labute approximate surface area is 169 Å². The molecule has 1 aliphatic heterocycles. The average molecular weight is 402 g/mol. The second-order valence-corrected chi connectivity index (χ2v) is 7.29. The van der Waals surface area contributed by atoms with Gasteiger partial charge in [-0.1, -0.05) is 11.6 Å². The fourth-order valence-electron chi connectivity index (χ4n) is 3.29. The molecule has 0 aliphatic carbocycles. The highest BCUT2D eigenvalue weighted by Crippen LogP contribution is 2.29. The largest absolute Gasteiger partial charge is 0.495 e. The SMILES string of the molecule is COc1ccc(Cl)cc1NC(=O)C(C)Nc1ccc(N2CCCC2=O)c(C)c1. The number of rotatable bonds is 6. The third-order valence-corrected chi connectivity index (χ3v) is 4.99. The summed E-state index contributed by atoms with van der Waals surface area (Å²) in [6, 6.07) is 10.3. The number of hydrogen-bond acceptors (Lipinski definition) is 4. The number of aryl methyl sites for hydroxylation is 1. The molecule has 3 rings (SSSR count). The Morgan fingerprint density at radius 1 is 1.25 bits per heavy atom. The molecule has 28 heavy (non-hydrogen) atoms. The Morgan fingerprint density at radius 3 is 2.68 bits per heavy atom. The first-order chi connectivity index (χ1) is 13.4. The molecular weight excluding hydrogens is 378 g/mol. The molecule has 0 saturated carbocycles. The van der Waals surface area contributed by atoms with Gasteiger partial charge in [0.2, 0.25) is 11.8 Å². The first-order valence-corrected chi connectivity index (χ1v) is 9.59. The predicted molar refractivity (Wildman–Crippen MR) is 112 cm³/mol. The van der Waals surface area contributed by atoms with E-state index >= 15 is 0 Å². The summed E-state index contributed by atoms with van der Waals surface area (Å²) in [5.74, 6) is 0.490. The fraction of sp³-hybridized carbons (Fsp3) is 0.333. The lowest BCUT2D eigenvalue weighted by Crippen LogP contribution is -2.32. The van der Waals surface area contributed by atoms with Crippen LogP contribution >= 0.6 is 11.6 Å². The monoisotopic (exact) mass is 401 g/mol. The van der Waals surface area contributed by atoms with Gasteiger partial charge in [-0.3, -0.25) is 9.59 Å². The summed E-state index contributed by atoms with van der Waals surface area (Å²) < 4.78 is 5.26. The van der Waals surface area contributed by atoms with Crippen LogP contribution in [0.15, 0.2) is 36.4 Å². The van der Waals surface area contributed by atoms with Crippen LogP contribution in [0, 0.1) is 6.92 Å². The zero-order chi connectivity index (χ0) is 20.3. The van der Waals surface area contributed by atoms with Crippen LogP contribution in [0.3, 0.4) is 0 Å². The van der Waals surface area contributed by atoms with Gasteiger partial charge < -0.3 is 20.3 Å². The van der Waals surface area contributed by atoms with Crippen molar-refractivity contribution in [2.45, 2.75) is 32.7 Å². The predicted octanol–water partition coefficient (Wildman–Crippen LogP) is 4.22. The summed E-state index contributed by atoms with van der Waals surface area (Å²) >= 11 is 6.01. The molecule has 1 unspecified atom stereocenters. The van der Waals surface area contributed by atoms with E-state index in [9.17, 15) is 9.59 Å². The van der Waals surface area contributed by atoms with E-state index in [1.807, 2.05) is 30.0 Å². The highest BCUT2D eigenvalue weighted by Gasteiger charge is 2.23. The molecule has 0 radical (unpaired) electrons. The Bertz CT molecular complexity index is 900. The number of hydrogen-bond donors (Lipinski definition) is 2. The van der Waals surface area contributed by atoms with Crippen LogP contribution in [0.2, 0.25) is 5.02 Å². The molecule has 1 saturated heterocycles. The number of nitrogens with one attached hydrogen (secondary N) is 2. The van der Waals surface area contributed by atoms with E-state index < -0.39 is 6.04 Å². The molecule has 7 heteroatoms. The van der Waals surface area contributed by atoms with Gasteiger partial charge in [0.25, 0.3) is 0 Å². The maximum absolute atomic E-state index is 12.6. The number of amides is 2. The van der Waals surface area contributed by atoms with Gasteiger partial charge in [-0.05, 0) is 62.2 Å². The minimum Gasteiger partial charge on any atom is -0.495 e. The average Bonchev–Trinajstić information content (AvgIpc) is 3.07. The summed E-state index contributed by atoms with van der Waals surface area (Å²) in [5, 5.41) is 6.54. The minimum absolute atomic E-state index is 0.159. The second-order valence-electron chi connectivity index (χ2n) is 6.85. The van der Waals surface area contributed by atoms with Gasteiger partial charge in [-0.25, -0.2) is 0 Å². The van der Waals surface area contributed by atoms with Crippen molar-refractivity contribution in [3.8, 4) is 5.75 Å². The topological polar surface area (TPSA) is 70.7 Å². The molecule has 0 spiro atoms. The number of carbonyl (C=O) groups excluding carboxylic acids is 2. The van der Waals surface area contributed by atoms with Crippen molar-refractivity contribution in [3.05, 3.63) is 47.0 Å². The third-order valence-electron chi connectivity index (χ3n) is 4.76. The van der Waals surface area contributed by atoms with Crippen molar-refractivity contribution >= 4 is 40.5 Å². The van der Waals surface area contributed by atoms with Gasteiger partial charge in [0, 0.05) is 29.4 Å². The molecule has 2 aromatic rings. The molecule has 1 aliphatic rings. The van der Waals surface area contributed by atoms with Crippen molar-refractivity contribution in [2.75, 3.05) is 29.2 Å². The molecule has 0 bridgehead atoms. The molecule has 2 N–H and O–H groups in total. The van der Waals surface area contributed by atoms with Crippen molar-refractivity contribution in [1.29, 1.82) is 0 Å². The number of methoxy groups -OCH3 is 1. The number of benzene rings is 2. The number of ether oxygens (including phenoxy) is 1. The minimum atomic E-state index is -0.484. The number of halogens is 1. The van der Waals surface area contributed by atoms with Gasteiger partial charge in [-0.15, -0.1) is 0 Å². The molecule has 1 heterocycles. The maximum atomic E-state index is 12.6. The molecule has 2 aromatic carbocycles. The van der Waals surface area contributed by atoms with Crippen molar-refractivity contribution in [3.63, 3.8) is 0 Å². The van der Waals surface area contributed by atoms with Crippen LogP contribution in [-0.4, -0.2) is 31.5 Å². The third kappa shape index (κ3) is 4.39. The summed E-state index contributed by atoms with van der Waals surface area (Å²) in [5.41, 5.74) is 3.25. The zero-order valence-electron chi connectivity index (χ0n) is 16.2. The van der Waals surface area contributed by atoms with Crippen LogP contribution in [0.5, 0.6) is 5.75 Å². The van der Waals surface area contributed by atoms with E-state index in [1.54, 1.807) is 25.1 Å². The van der Waals surface area contributed by atoms with Crippen molar-refractivity contribution in [1.82, 2.24) is 0 Å². The lowest BCUT2D eigenvalue weighted by atomic mass is 10.1. The van der Waals surface area contributed by atoms with Crippen LogP contribution in [0.1, 0.15) is 25.3 Å². The maximum Gasteiger partial charge on any atom is 0.246 e. The standard InChI is InChI=1S/C21H24ClN3O3/c1-13-11-16(7-8-18(13)25-10-4-5-20(25)26)23-14(2)21(27)24-17-12-15(22)6-9-19(17)28-3/h6-9,11-12,14,23H,4-5,10H2,1-3H3,(H,24,27). The lowest BCUT2D eigenvalue weighted by molar-refractivity contribution is -0.117. The second kappa shape index (κ2) is 8.52. The van der Waals surface area contributed by atoms with E-state index in [2.05, 4.69) is 10.6 Å². The number of carbonyl (C=O) groups is 2. The van der Waals surface area contributed by atoms with E-state index in [4.69, 9.17) is 16.3 Å². The molecule has 1 atom stereocenters. The van der Waals surface area contributed by atoms with Gasteiger partial charge in [0.1, 0.15) is 11.8 Å². The zero-order valence-corrected chi connectivity index (χ0v) is 17.0. The summed E-state index contributed by atoms with van der Waals surface area (Å²) in [4.78, 5) is 26.4. The smallest absolute Gasteiger partial charge is 0.246 e. The van der Waals surface area contributed by atoms with Crippen LogP contribution in [0.25, 0.3) is 0 Å². The normalized spacial score (nSPS) is 14.7. The Kier molecular flexibility index (Phi) is 6.09. The molecule has 2 amide bonds. The lowest BCUT2D eigenvalue weighted by Gasteiger charge is -2.21. The van der Waals surface area contributed by atoms with Crippen molar-refractivity contribution < 1.29 is 14.3 Å². The molecule has 6 nitrogen and oxygen atoms in total. The Morgan fingerprint density at radius 2 is 2.04 bits per heavy atom. The van der Waals surface area contributed by atoms with Gasteiger partial charge in [0.05, 0.1) is 12.8 Å². The van der Waals surface area contributed by atoms with E-state index in [0.29, 0.717) is 22.9 Å². The summed E-state index contributed by atoms with van der Waals surface area (Å²) in [7, 11) is 1.54. The Hall–Kier alpha value is -2.73. The van der Waals surface area contributed by atoms with Crippen LogP contribution in [-0.2, 0) is 9.59 Å². The first-order valence-electron chi connectivity index (χ1n) is 9.21. The van der Waals surface area contributed by atoms with Crippen LogP contribution in [0.4, 0.5) is 17.1 Å². The number of anilines is 3. The summed E-state index contributed by atoms with van der Waals surface area (Å²) in [6.45, 7) is 4.50. The van der Waals surface area contributed by atoms with Crippen LogP contribution < -0.4 is 20.3 Å². The van der Waals surface area contributed by atoms with Gasteiger partial charge in [0.15, 0.2) is 0 Å². The molecule has 1 fully saturated rings. The van der Waals surface area contributed by atoms with Gasteiger partial charge in [-0.2, -0.15) is 0 Å². The highest BCUT2D eigenvalue weighted by molar-refractivity contribution is 6.31. The Balaban J connectivity index is 1.68. The fourth-order valence-corrected chi connectivity index (χ4v) is 3.46.